The number of aliphatic hydroxyl groups excluding tert-OH is 7. The van der Waals surface area contributed by atoms with Crippen LogP contribution in [0.1, 0.15) is 367 Å². The Labute approximate surface area is 494 Å². The molecule has 1 aliphatic heterocycles. The van der Waals surface area contributed by atoms with Crippen molar-refractivity contribution < 1.29 is 50.0 Å². The van der Waals surface area contributed by atoms with Crippen molar-refractivity contribution in [3.63, 3.8) is 0 Å². The normalized spacial score (nSPS) is 19.1. The molecule has 478 valence electrons. The number of amides is 1. The molecule has 0 radical (unpaired) electrons. The third-order valence-electron chi connectivity index (χ3n) is 17.7. The third kappa shape index (κ3) is 45.5. The first-order valence-electron chi connectivity index (χ1n) is 35.4. The molecule has 9 atom stereocenters. The number of ether oxygens (including phenoxy) is 2. The number of nitrogens with one attached hydrogen (secondary N) is 1. The van der Waals surface area contributed by atoms with Crippen LogP contribution in [0, 0.1) is 0 Å². The lowest BCUT2D eigenvalue weighted by molar-refractivity contribution is -0.303. The molecule has 1 heterocycles. The highest BCUT2D eigenvalue weighted by atomic mass is 16.7. The van der Waals surface area contributed by atoms with E-state index in [2.05, 4.69) is 19.2 Å². The predicted octanol–water partition coefficient (Wildman–Crippen LogP) is 16.9. The fourth-order valence-electron chi connectivity index (χ4n) is 12.0. The summed E-state index contributed by atoms with van der Waals surface area (Å²) in [6, 6.07) is -1.16. The quantitative estimate of drug-likeness (QED) is 0.0272. The minimum Gasteiger partial charge on any atom is -0.394 e. The van der Waals surface area contributed by atoms with Crippen molar-refractivity contribution >= 4 is 5.91 Å². The Morgan fingerprint density at radius 3 is 0.925 bits per heavy atom. The summed E-state index contributed by atoms with van der Waals surface area (Å²) in [5.41, 5.74) is 0. The van der Waals surface area contributed by atoms with E-state index in [1.165, 1.54) is 289 Å². The molecule has 1 aliphatic rings. The van der Waals surface area contributed by atoms with Crippen LogP contribution in [-0.4, -0.2) is 110 Å². The zero-order valence-electron chi connectivity index (χ0n) is 52.9. The van der Waals surface area contributed by atoms with Crippen molar-refractivity contribution in [2.24, 2.45) is 0 Å². The first-order chi connectivity index (χ1) is 39.2. The molecule has 0 aliphatic carbocycles. The molecule has 1 amide bonds. The lowest BCUT2D eigenvalue weighted by Gasteiger charge is -2.40. The monoisotopic (exact) mass is 1140 g/mol. The second-order valence-electron chi connectivity index (χ2n) is 25.3. The molecule has 1 fully saturated rings. The maximum absolute atomic E-state index is 13.2. The van der Waals surface area contributed by atoms with Gasteiger partial charge in [-0.3, -0.25) is 4.79 Å². The number of hydrogen-bond acceptors (Lipinski definition) is 10. The zero-order chi connectivity index (χ0) is 58.2. The summed E-state index contributed by atoms with van der Waals surface area (Å²) in [4.78, 5) is 13.2. The molecule has 0 bridgehead atoms. The Morgan fingerprint density at radius 2 is 0.650 bits per heavy atom. The van der Waals surface area contributed by atoms with Crippen LogP contribution >= 0.6 is 0 Å². The Morgan fingerprint density at radius 1 is 0.388 bits per heavy atom. The first kappa shape index (κ1) is 77.1. The number of carbonyl (C=O) groups is 1. The summed E-state index contributed by atoms with van der Waals surface area (Å²) in [7, 11) is 0. The maximum Gasteiger partial charge on any atom is 0.249 e. The van der Waals surface area contributed by atoms with Crippen LogP contribution in [-0.2, 0) is 14.3 Å². The van der Waals surface area contributed by atoms with E-state index in [0.29, 0.717) is 19.3 Å². The third-order valence-corrected chi connectivity index (χ3v) is 17.7. The molecule has 1 rings (SSSR count). The maximum atomic E-state index is 13.2. The summed E-state index contributed by atoms with van der Waals surface area (Å²) in [6.07, 6.45) is 59.1. The molecular weight excluding hydrogens is 1000 g/mol. The van der Waals surface area contributed by atoms with E-state index in [1.807, 2.05) is 0 Å². The highest BCUT2D eigenvalue weighted by Gasteiger charge is 2.44. The highest BCUT2D eigenvalue weighted by molar-refractivity contribution is 5.80. The van der Waals surface area contributed by atoms with Crippen molar-refractivity contribution in [2.75, 3.05) is 13.2 Å². The fourth-order valence-corrected chi connectivity index (χ4v) is 12.0. The van der Waals surface area contributed by atoms with Gasteiger partial charge in [0.2, 0.25) is 5.91 Å². The van der Waals surface area contributed by atoms with Gasteiger partial charge in [-0.2, -0.15) is 0 Å². The Balaban J connectivity index is 2.14. The van der Waals surface area contributed by atoms with Crippen LogP contribution in [0.25, 0.3) is 0 Å². The van der Waals surface area contributed by atoms with Gasteiger partial charge in [0, 0.05) is 0 Å². The average molecular weight is 1140 g/mol. The second kappa shape index (κ2) is 58.5. The number of hydrogen-bond donors (Lipinski definition) is 8. The summed E-state index contributed by atoms with van der Waals surface area (Å²) in [5, 5.41) is 76.5. The van der Waals surface area contributed by atoms with Gasteiger partial charge in [0.25, 0.3) is 0 Å². The molecule has 8 N–H and O–H groups in total. The van der Waals surface area contributed by atoms with Crippen LogP contribution in [0.2, 0.25) is 0 Å². The molecule has 80 heavy (non-hydrogen) atoms. The van der Waals surface area contributed by atoms with Crippen LogP contribution < -0.4 is 5.32 Å². The van der Waals surface area contributed by atoms with Crippen LogP contribution in [0.4, 0.5) is 0 Å². The van der Waals surface area contributed by atoms with E-state index in [-0.39, 0.29) is 6.42 Å². The molecule has 0 aromatic rings. The van der Waals surface area contributed by atoms with Crippen molar-refractivity contribution in [1.82, 2.24) is 5.32 Å². The molecule has 1 saturated heterocycles. The summed E-state index contributed by atoms with van der Waals surface area (Å²) in [5.74, 6) is -0.687. The van der Waals surface area contributed by atoms with Crippen molar-refractivity contribution in [3.8, 4) is 0 Å². The fraction of sp³-hybridized carbons (Fsp3) is 0.986. The Kier molecular flexibility index (Phi) is 56.4. The van der Waals surface area contributed by atoms with Gasteiger partial charge in [0.05, 0.1) is 25.4 Å². The lowest BCUT2D eigenvalue weighted by Crippen LogP contribution is -2.60. The Bertz CT molecular complexity index is 1260. The largest absolute Gasteiger partial charge is 0.394 e. The van der Waals surface area contributed by atoms with Crippen LogP contribution in [0.15, 0.2) is 0 Å². The zero-order valence-corrected chi connectivity index (χ0v) is 52.9. The van der Waals surface area contributed by atoms with Gasteiger partial charge in [-0.1, -0.05) is 354 Å². The average Bonchev–Trinajstić information content (AvgIpc) is 3.47. The smallest absolute Gasteiger partial charge is 0.249 e. The van der Waals surface area contributed by atoms with Gasteiger partial charge in [0.15, 0.2) is 6.29 Å². The van der Waals surface area contributed by atoms with E-state index in [1.54, 1.807) is 0 Å². The van der Waals surface area contributed by atoms with Gasteiger partial charge >= 0.3 is 0 Å². The van der Waals surface area contributed by atoms with Crippen LogP contribution in [0.3, 0.4) is 0 Å². The van der Waals surface area contributed by atoms with Gasteiger partial charge < -0.3 is 50.5 Å². The number of carbonyl (C=O) groups excluding carboxylic acids is 1. The van der Waals surface area contributed by atoms with Crippen molar-refractivity contribution in [1.29, 1.82) is 0 Å². The van der Waals surface area contributed by atoms with E-state index in [0.717, 1.165) is 38.5 Å². The molecular formula is C69H137NO10. The van der Waals surface area contributed by atoms with E-state index < -0.39 is 74.2 Å². The minimum absolute atomic E-state index is 0.268. The minimum atomic E-state index is -1.66. The van der Waals surface area contributed by atoms with E-state index in [9.17, 15) is 40.5 Å². The second-order valence-corrected chi connectivity index (χ2v) is 25.3. The van der Waals surface area contributed by atoms with E-state index in [4.69, 9.17) is 9.47 Å². The topological polar surface area (TPSA) is 189 Å². The summed E-state index contributed by atoms with van der Waals surface area (Å²) >= 11 is 0. The van der Waals surface area contributed by atoms with Gasteiger partial charge in [-0.25, -0.2) is 0 Å². The van der Waals surface area contributed by atoms with Crippen molar-refractivity contribution in [2.45, 2.75) is 422 Å². The molecule has 11 heteroatoms. The van der Waals surface area contributed by atoms with Gasteiger partial charge in [0.1, 0.15) is 36.6 Å². The number of aliphatic hydroxyl groups is 7. The van der Waals surface area contributed by atoms with E-state index >= 15 is 0 Å². The molecule has 11 nitrogen and oxygen atoms in total. The summed E-state index contributed by atoms with van der Waals surface area (Å²) in [6.45, 7) is 3.52. The van der Waals surface area contributed by atoms with Crippen molar-refractivity contribution in [3.05, 3.63) is 0 Å². The summed E-state index contributed by atoms with van der Waals surface area (Å²) < 4.78 is 11.2. The first-order valence-corrected chi connectivity index (χ1v) is 35.4. The standard InChI is InChI=1S/C69H137NO10/c1-3-5-7-9-11-13-15-17-19-21-23-24-25-26-27-28-29-30-31-32-33-34-35-36-37-39-41-43-45-47-49-51-53-55-57-62(73)68(78)70-60(59-79-69-67(77)66(76)65(75)63(58-71)80-69)64(74)61(72)56-54-52-50-48-46-44-42-40-38-22-20-18-16-14-12-10-8-6-4-2/h60-67,69,71-77H,3-59H2,1-2H3,(H,70,78). The van der Waals surface area contributed by atoms with Gasteiger partial charge in [-0.05, 0) is 12.8 Å². The Hall–Kier alpha value is -0.890. The number of rotatable bonds is 63. The SMILES string of the molecule is CCCCCCCCCCCCCCCCCCCCCCCCCCCCCCCCCCCCC(O)C(=O)NC(COC1OC(CO)C(O)C(O)C1O)C(O)C(O)CCCCCCCCCCCCCCCCCCCCC. The number of unbranched alkanes of at least 4 members (excludes halogenated alkanes) is 51. The molecule has 9 unspecified atom stereocenters. The predicted molar refractivity (Wildman–Crippen MR) is 335 cm³/mol. The molecule has 0 aromatic carbocycles. The molecule has 0 aromatic heterocycles. The highest BCUT2D eigenvalue weighted by Crippen LogP contribution is 2.24. The molecule has 0 spiro atoms. The van der Waals surface area contributed by atoms with Gasteiger partial charge in [-0.15, -0.1) is 0 Å². The molecule has 0 saturated carbocycles. The van der Waals surface area contributed by atoms with Crippen LogP contribution in [0.5, 0.6) is 0 Å². The lowest BCUT2D eigenvalue weighted by atomic mass is 9.98.